The van der Waals surface area contributed by atoms with Crippen molar-refractivity contribution in [1.29, 1.82) is 0 Å². The van der Waals surface area contributed by atoms with E-state index in [9.17, 15) is 9.00 Å². The zero-order valence-corrected chi connectivity index (χ0v) is 8.40. The van der Waals surface area contributed by atoms with Gasteiger partial charge in [0.1, 0.15) is 0 Å². The third-order valence-electron chi connectivity index (χ3n) is 1.70. The molecule has 0 fully saturated rings. The summed E-state index contributed by atoms with van der Waals surface area (Å²) in [5.74, 6) is -1.50. The molecule has 0 radical (unpaired) electrons. The predicted octanol–water partition coefficient (Wildman–Crippen LogP) is 0.620. The van der Waals surface area contributed by atoms with Gasteiger partial charge in [-0.3, -0.25) is 0 Å². The summed E-state index contributed by atoms with van der Waals surface area (Å²) in [7, 11) is 0. The number of carbonyl (C=O) groups is 1. The molecule has 5 nitrogen and oxygen atoms in total. The van der Waals surface area contributed by atoms with Crippen molar-refractivity contribution in [3.63, 3.8) is 0 Å². The first kappa shape index (κ1) is 11.4. The SMILES string of the molecule is NC(=C(C(=O)O)S(=O)O)c1ccccc1. The van der Waals surface area contributed by atoms with Crippen molar-refractivity contribution < 1.29 is 18.7 Å². The van der Waals surface area contributed by atoms with Crippen LogP contribution in [-0.2, 0) is 15.9 Å². The number of nitrogens with two attached hydrogens (primary N) is 1. The normalized spacial score (nSPS) is 14.2. The molecular weight excluding hydrogens is 218 g/mol. The molecular formula is C9H9NO4S. The smallest absolute Gasteiger partial charge is 0.349 e. The van der Waals surface area contributed by atoms with Crippen LogP contribution in [0.2, 0.25) is 0 Å². The van der Waals surface area contributed by atoms with E-state index in [2.05, 4.69) is 0 Å². The third kappa shape index (κ3) is 2.64. The van der Waals surface area contributed by atoms with E-state index in [1.807, 2.05) is 0 Å². The lowest BCUT2D eigenvalue weighted by molar-refractivity contribution is -0.131. The van der Waals surface area contributed by atoms with Gasteiger partial charge in [0.25, 0.3) is 0 Å². The van der Waals surface area contributed by atoms with Crippen LogP contribution in [0.3, 0.4) is 0 Å². The number of hydrogen-bond acceptors (Lipinski definition) is 3. The van der Waals surface area contributed by atoms with E-state index in [0.717, 1.165) is 0 Å². The second-order valence-corrected chi connectivity index (χ2v) is 3.57. The maximum Gasteiger partial charge on any atom is 0.349 e. The van der Waals surface area contributed by atoms with Crippen molar-refractivity contribution >= 4 is 22.7 Å². The monoisotopic (exact) mass is 227 g/mol. The van der Waals surface area contributed by atoms with Crippen molar-refractivity contribution in [2.45, 2.75) is 0 Å². The molecule has 0 amide bonds. The minimum Gasteiger partial charge on any atom is -0.477 e. The molecule has 1 aromatic carbocycles. The van der Waals surface area contributed by atoms with Gasteiger partial charge in [0.15, 0.2) is 16.0 Å². The highest BCUT2D eigenvalue weighted by Crippen LogP contribution is 2.15. The Kier molecular flexibility index (Phi) is 3.59. The van der Waals surface area contributed by atoms with Crippen LogP contribution >= 0.6 is 0 Å². The quantitative estimate of drug-likeness (QED) is 0.519. The van der Waals surface area contributed by atoms with Crippen molar-refractivity contribution in [3.8, 4) is 0 Å². The highest BCUT2D eigenvalue weighted by molar-refractivity contribution is 7.84. The zero-order valence-electron chi connectivity index (χ0n) is 7.58. The van der Waals surface area contributed by atoms with Crippen molar-refractivity contribution in [3.05, 3.63) is 40.8 Å². The summed E-state index contributed by atoms with van der Waals surface area (Å²) in [4.78, 5) is 9.96. The Labute approximate surface area is 88.5 Å². The van der Waals surface area contributed by atoms with E-state index >= 15 is 0 Å². The first-order valence-electron chi connectivity index (χ1n) is 3.93. The minimum absolute atomic E-state index is 0.205. The third-order valence-corrected chi connectivity index (χ3v) is 2.44. The van der Waals surface area contributed by atoms with Gasteiger partial charge in [-0.15, -0.1) is 0 Å². The van der Waals surface area contributed by atoms with Crippen LogP contribution < -0.4 is 5.73 Å². The van der Waals surface area contributed by atoms with Crippen molar-refractivity contribution in [2.75, 3.05) is 0 Å². The molecule has 0 heterocycles. The highest BCUT2D eigenvalue weighted by atomic mass is 32.2. The molecule has 0 aromatic heterocycles. The van der Waals surface area contributed by atoms with Crippen LogP contribution in [0.25, 0.3) is 5.70 Å². The van der Waals surface area contributed by atoms with Gasteiger partial charge in [-0.1, -0.05) is 30.3 Å². The van der Waals surface area contributed by atoms with Crippen LogP contribution in [-0.4, -0.2) is 19.8 Å². The van der Waals surface area contributed by atoms with E-state index in [-0.39, 0.29) is 5.70 Å². The molecule has 6 heteroatoms. The Morgan fingerprint density at radius 1 is 1.27 bits per heavy atom. The van der Waals surface area contributed by atoms with Crippen LogP contribution in [0.4, 0.5) is 0 Å². The van der Waals surface area contributed by atoms with E-state index in [4.69, 9.17) is 15.4 Å². The van der Waals surface area contributed by atoms with Crippen molar-refractivity contribution in [2.24, 2.45) is 5.73 Å². The summed E-state index contributed by atoms with van der Waals surface area (Å²) in [6.07, 6.45) is 0. The first-order valence-corrected chi connectivity index (χ1v) is 5.04. The zero-order chi connectivity index (χ0) is 11.4. The lowest BCUT2D eigenvalue weighted by atomic mass is 10.1. The Hall–Kier alpha value is -1.66. The molecule has 1 rings (SSSR count). The Balaban J connectivity index is 3.29. The van der Waals surface area contributed by atoms with Crippen LogP contribution in [0, 0.1) is 0 Å². The minimum atomic E-state index is -2.61. The molecule has 0 aliphatic carbocycles. The maximum absolute atomic E-state index is 10.7. The average molecular weight is 227 g/mol. The molecule has 1 aromatic rings. The summed E-state index contributed by atoms with van der Waals surface area (Å²) in [6, 6.07) is 8.16. The largest absolute Gasteiger partial charge is 0.477 e. The molecule has 0 saturated carbocycles. The van der Waals surface area contributed by atoms with Crippen molar-refractivity contribution in [1.82, 2.24) is 0 Å². The number of benzene rings is 1. The second kappa shape index (κ2) is 4.72. The first-order chi connectivity index (χ1) is 7.04. The van der Waals surface area contributed by atoms with Gasteiger partial charge < -0.3 is 15.4 Å². The molecule has 0 saturated heterocycles. The standard InChI is InChI=1S/C9H9NO4S/c10-7(6-4-2-1-3-5-6)8(9(11)12)15(13)14/h1-5H,10H2,(H,11,12)(H,13,14). The summed E-state index contributed by atoms with van der Waals surface area (Å²) < 4.78 is 19.5. The molecule has 0 aliphatic rings. The molecule has 80 valence electrons. The lowest BCUT2D eigenvalue weighted by Crippen LogP contribution is -2.13. The van der Waals surface area contributed by atoms with Crippen LogP contribution in [0.1, 0.15) is 5.56 Å². The molecule has 0 spiro atoms. The maximum atomic E-state index is 10.7. The Morgan fingerprint density at radius 2 is 1.80 bits per heavy atom. The predicted molar refractivity (Wildman–Crippen MR) is 56.0 cm³/mol. The van der Waals surface area contributed by atoms with E-state index < -0.39 is 22.0 Å². The molecule has 4 N–H and O–H groups in total. The van der Waals surface area contributed by atoms with Gasteiger partial charge in [0.05, 0.1) is 5.70 Å². The average Bonchev–Trinajstić information content (AvgIpc) is 2.18. The lowest BCUT2D eigenvalue weighted by Gasteiger charge is -2.04. The van der Waals surface area contributed by atoms with Crippen LogP contribution in [0.15, 0.2) is 35.2 Å². The summed E-state index contributed by atoms with van der Waals surface area (Å²) in [5, 5.41) is 8.68. The number of carboxylic acids is 1. The Morgan fingerprint density at radius 3 is 2.20 bits per heavy atom. The van der Waals surface area contributed by atoms with Gasteiger partial charge in [-0.25, -0.2) is 9.00 Å². The van der Waals surface area contributed by atoms with Gasteiger partial charge >= 0.3 is 5.97 Å². The molecule has 0 aliphatic heterocycles. The van der Waals surface area contributed by atoms with Gasteiger partial charge in [0.2, 0.25) is 0 Å². The summed E-state index contributed by atoms with van der Waals surface area (Å²) >= 11 is -2.61. The molecule has 1 atom stereocenters. The number of rotatable bonds is 3. The fraction of sp³-hybridized carbons (Fsp3) is 0. The van der Waals surface area contributed by atoms with Crippen LogP contribution in [0.5, 0.6) is 0 Å². The summed E-state index contributed by atoms with van der Waals surface area (Å²) in [5.41, 5.74) is 5.68. The number of carboxylic acid groups (broad SMARTS) is 1. The fourth-order valence-corrected chi connectivity index (χ4v) is 1.49. The number of aliphatic carboxylic acids is 1. The Bertz CT molecular complexity index is 411. The van der Waals surface area contributed by atoms with Gasteiger partial charge in [-0.05, 0) is 5.56 Å². The summed E-state index contributed by atoms with van der Waals surface area (Å²) in [6.45, 7) is 0. The number of hydrogen-bond donors (Lipinski definition) is 3. The molecule has 1 unspecified atom stereocenters. The molecule has 0 bridgehead atoms. The topological polar surface area (TPSA) is 101 Å². The highest BCUT2D eigenvalue weighted by Gasteiger charge is 2.19. The molecule has 15 heavy (non-hydrogen) atoms. The van der Waals surface area contributed by atoms with E-state index in [0.29, 0.717) is 5.56 Å². The van der Waals surface area contributed by atoms with E-state index in [1.165, 1.54) is 0 Å². The second-order valence-electron chi connectivity index (χ2n) is 2.66. The van der Waals surface area contributed by atoms with Gasteiger partial charge in [-0.2, -0.15) is 0 Å². The fourth-order valence-electron chi connectivity index (χ4n) is 1.03. The van der Waals surface area contributed by atoms with Gasteiger partial charge in [0, 0.05) is 0 Å². The van der Waals surface area contributed by atoms with E-state index in [1.54, 1.807) is 30.3 Å².